The predicted molar refractivity (Wildman–Crippen MR) is 100 cm³/mol. The molecule has 0 heterocycles. The van der Waals surface area contributed by atoms with Crippen molar-refractivity contribution in [1.29, 1.82) is 0 Å². The van der Waals surface area contributed by atoms with Gasteiger partial charge >= 0.3 is 0 Å². The molecule has 0 spiro atoms. The van der Waals surface area contributed by atoms with Crippen LogP contribution in [-0.2, 0) is 0 Å². The molecule has 1 aromatic rings. The molecule has 0 aliphatic rings. The summed E-state index contributed by atoms with van der Waals surface area (Å²) in [4.78, 5) is 0. The van der Waals surface area contributed by atoms with Crippen LogP contribution in [0.1, 0.15) is 25.0 Å². The fourth-order valence-corrected chi connectivity index (χ4v) is 1.57. The molecule has 0 atom stereocenters. The highest BCUT2D eigenvalue weighted by atomic mass is 32.1. The van der Waals surface area contributed by atoms with E-state index in [1.54, 1.807) is 14.1 Å². The van der Waals surface area contributed by atoms with Crippen LogP contribution in [0.15, 0.2) is 34.5 Å². The molecule has 4 N–H and O–H groups in total. The minimum absolute atomic E-state index is 0.470. The zero-order valence-corrected chi connectivity index (χ0v) is 14.7. The first-order valence-corrected chi connectivity index (χ1v) is 7.44. The van der Waals surface area contributed by atoms with Gasteiger partial charge in [0.15, 0.2) is 10.2 Å². The van der Waals surface area contributed by atoms with Crippen molar-refractivity contribution in [2.24, 2.45) is 10.2 Å². The number of nitrogens with zero attached hydrogens (tertiary/aromatic N) is 2. The minimum Gasteiger partial charge on any atom is -0.364 e. The molecule has 1 aromatic carbocycles. The summed E-state index contributed by atoms with van der Waals surface area (Å²) in [5, 5.41) is 15.0. The molecule has 1 rings (SSSR count). The molecule has 0 amide bonds. The molecule has 0 unspecified atom stereocenters. The standard InChI is InChI=1S/C14H20N6S2/c1-9(17-19-13(21)15-3)11-6-5-7-12(8-11)10(2)18-20-14(22)16-4/h5-8H,1-4H3,(H2,15,19,21)(H2,16,20,22)/b17-9+,18-10+. The highest BCUT2D eigenvalue weighted by Gasteiger charge is 2.03. The summed E-state index contributed by atoms with van der Waals surface area (Å²) in [6, 6.07) is 7.91. The lowest BCUT2D eigenvalue weighted by Gasteiger charge is -2.07. The Hall–Kier alpha value is -2.06. The van der Waals surface area contributed by atoms with Gasteiger partial charge < -0.3 is 10.6 Å². The Bertz CT molecular complexity index is 560. The monoisotopic (exact) mass is 336 g/mol. The van der Waals surface area contributed by atoms with Gasteiger partial charge in [-0.15, -0.1) is 0 Å². The summed E-state index contributed by atoms with van der Waals surface area (Å²) in [5.74, 6) is 0. The molecule has 0 aromatic heterocycles. The molecule has 0 fully saturated rings. The molecule has 0 bridgehead atoms. The van der Waals surface area contributed by atoms with Crippen LogP contribution in [0.5, 0.6) is 0 Å². The van der Waals surface area contributed by atoms with Gasteiger partial charge in [-0.1, -0.05) is 18.2 Å². The van der Waals surface area contributed by atoms with Gasteiger partial charge in [0.1, 0.15) is 0 Å². The van der Waals surface area contributed by atoms with E-state index in [2.05, 4.69) is 31.7 Å². The lowest BCUT2D eigenvalue weighted by molar-refractivity contribution is 0.972. The van der Waals surface area contributed by atoms with Crippen molar-refractivity contribution in [2.75, 3.05) is 14.1 Å². The van der Waals surface area contributed by atoms with Gasteiger partial charge in [0.05, 0.1) is 11.4 Å². The Balaban J connectivity index is 2.89. The van der Waals surface area contributed by atoms with Gasteiger partial charge in [-0.25, -0.2) is 0 Å². The van der Waals surface area contributed by atoms with E-state index >= 15 is 0 Å². The number of nitrogens with one attached hydrogen (secondary N) is 4. The highest BCUT2D eigenvalue weighted by molar-refractivity contribution is 7.80. The van der Waals surface area contributed by atoms with Crippen LogP contribution in [0.2, 0.25) is 0 Å². The molecular weight excluding hydrogens is 316 g/mol. The first-order chi connectivity index (χ1) is 10.5. The molecule has 0 saturated heterocycles. The van der Waals surface area contributed by atoms with Crippen LogP contribution in [-0.4, -0.2) is 35.7 Å². The molecule has 0 saturated carbocycles. The number of hydrazone groups is 2. The van der Waals surface area contributed by atoms with Crippen LogP contribution in [0.4, 0.5) is 0 Å². The van der Waals surface area contributed by atoms with E-state index in [-0.39, 0.29) is 0 Å². The van der Waals surface area contributed by atoms with Crippen molar-refractivity contribution in [1.82, 2.24) is 21.5 Å². The van der Waals surface area contributed by atoms with E-state index in [0.29, 0.717) is 10.2 Å². The molecular formula is C14H20N6S2. The van der Waals surface area contributed by atoms with Crippen LogP contribution in [0, 0.1) is 0 Å². The summed E-state index contributed by atoms with van der Waals surface area (Å²) in [6.07, 6.45) is 0. The second-order valence-electron chi connectivity index (χ2n) is 4.36. The van der Waals surface area contributed by atoms with Gasteiger partial charge in [-0.05, 0) is 55.5 Å². The maximum atomic E-state index is 4.99. The van der Waals surface area contributed by atoms with E-state index in [9.17, 15) is 0 Å². The molecule has 118 valence electrons. The first-order valence-electron chi connectivity index (χ1n) is 6.62. The fraction of sp³-hybridized carbons (Fsp3) is 0.286. The lowest BCUT2D eigenvalue weighted by atomic mass is 10.1. The lowest BCUT2D eigenvalue weighted by Crippen LogP contribution is -2.29. The van der Waals surface area contributed by atoms with Crippen molar-refractivity contribution in [3.05, 3.63) is 35.4 Å². The Kier molecular flexibility index (Phi) is 7.41. The average molecular weight is 336 g/mol. The van der Waals surface area contributed by atoms with E-state index in [0.717, 1.165) is 22.6 Å². The fourth-order valence-electron chi connectivity index (χ4n) is 1.48. The molecule has 0 radical (unpaired) electrons. The molecule has 6 nitrogen and oxygen atoms in total. The third-order valence-electron chi connectivity index (χ3n) is 2.80. The zero-order chi connectivity index (χ0) is 16.5. The van der Waals surface area contributed by atoms with Crippen molar-refractivity contribution in [3.63, 3.8) is 0 Å². The van der Waals surface area contributed by atoms with Crippen LogP contribution in [0.25, 0.3) is 0 Å². The first kappa shape index (κ1) is 18.0. The number of benzene rings is 1. The minimum atomic E-state index is 0.470. The maximum absolute atomic E-state index is 4.99. The SMILES string of the molecule is CNC(=S)N/N=C(\C)c1cccc(/C(C)=N/NC(=S)NC)c1. The van der Waals surface area contributed by atoms with E-state index in [1.165, 1.54) is 0 Å². The van der Waals surface area contributed by atoms with Crippen LogP contribution >= 0.6 is 24.4 Å². The van der Waals surface area contributed by atoms with Crippen molar-refractivity contribution < 1.29 is 0 Å². The Labute approximate surface area is 141 Å². The second kappa shape index (κ2) is 9.06. The molecule has 8 heteroatoms. The third-order valence-corrected chi connectivity index (χ3v) is 3.39. The van der Waals surface area contributed by atoms with Gasteiger partial charge in [0.25, 0.3) is 0 Å². The Morgan fingerprint density at radius 3 is 1.64 bits per heavy atom. The highest BCUT2D eigenvalue weighted by Crippen LogP contribution is 2.08. The normalized spacial score (nSPS) is 11.6. The quantitative estimate of drug-likeness (QED) is 0.378. The summed E-state index contributed by atoms with van der Waals surface area (Å²) in [5.41, 5.74) is 9.15. The van der Waals surface area contributed by atoms with Crippen LogP contribution in [0.3, 0.4) is 0 Å². The Morgan fingerprint density at radius 1 is 0.864 bits per heavy atom. The van der Waals surface area contributed by atoms with Crippen LogP contribution < -0.4 is 21.5 Å². The Morgan fingerprint density at radius 2 is 1.27 bits per heavy atom. The second-order valence-corrected chi connectivity index (χ2v) is 5.17. The van der Waals surface area contributed by atoms with Crippen molar-refractivity contribution >= 4 is 46.1 Å². The maximum Gasteiger partial charge on any atom is 0.186 e. The summed E-state index contributed by atoms with van der Waals surface area (Å²) < 4.78 is 0. The number of thiocarbonyl (C=S) groups is 2. The third kappa shape index (κ3) is 5.74. The zero-order valence-electron chi connectivity index (χ0n) is 13.0. The number of rotatable bonds is 4. The summed E-state index contributed by atoms with van der Waals surface area (Å²) in [6.45, 7) is 3.82. The molecule has 0 aliphatic heterocycles. The smallest absolute Gasteiger partial charge is 0.186 e. The predicted octanol–water partition coefficient (Wildman–Crippen LogP) is 1.32. The molecule has 0 aliphatic carbocycles. The van der Waals surface area contributed by atoms with Gasteiger partial charge in [0, 0.05) is 14.1 Å². The largest absolute Gasteiger partial charge is 0.364 e. The molecule has 22 heavy (non-hydrogen) atoms. The van der Waals surface area contributed by atoms with E-state index in [1.807, 2.05) is 38.1 Å². The van der Waals surface area contributed by atoms with Crippen molar-refractivity contribution in [3.8, 4) is 0 Å². The number of hydrogen-bond donors (Lipinski definition) is 4. The average Bonchev–Trinajstić information content (AvgIpc) is 2.56. The van der Waals surface area contributed by atoms with Gasteiger partial charge in [-0.3, -0.25) is 10.9 Å². The van der Waals surface area contributed by atoms with Crippen molar-refractivity contribution in [2.45, 2.75) is 13.8 Å². The summed E-state index contributed by atoms with van der Waals surface area (Å²) in [7, 11) is 3.48. The summed E-state index contributed by atoms with van der Waals surface area (Å²) >= 11 is 9.97. The topological polar surface area (TPSA) is 72.8 Å². The van der Waals surface area contributed by atoms with Gasteiger partial charge in [-0.2, -0.15) is 10.2 Å². The van der Waals surface area contributed by atoms with Gasteiger partial charge in [0.2, 0.25) is 0 Å². The number of hydrogen-bond acceptors (Lipinski definition) is 4. The van der Waals surface area contributed by atoms with E-state index < -0.39 is 0 Å². The van der Waals surface area contributed by atoms with E-state index in [4.69, 9.17) is 24.4 Å².